The van der Waals surface area contributed by atoms with E-state index in [1.807, 2.05) is 60.7 Å². The van der Waals surface area contributed by atoms with Gasteiger partial charge in [-0.1, -0.05) is 66.7 Å². The fourth-order valence-electron chi connectivity index (χ4n) is 3.05. The fraction of sp³-hybridized carbons (Fsp3) is 0.208. The van der Waals surface area contributed by atoms with Crippen LogP contribution in [0.25, 0.3) is 0 Å². The molecule has 0 saturated heterocycles. The van der Waals surface area contributed by atoms with E-state index in [1.54, 1.807) is 19.1 Å². The number of hydrogen-bond donors (Lipinski definition) is 1. The number of carbonyl (C=O) groups is 1. The molecule has 0 amide bonds. The van der Waals surface area contributed by atoms with Crippen molar-refractivity contribution < 1.29 is 18.7 Å². The molecular weight excluding hydrogens is 369 g/mol. The number of carbonyl (C=O) groups excluding carboxylic acids is 1. The monoisotopic (exact) mass is 393 g/mol. The molecule has 29 heavy (non-hydrogen) atoms. The Bertz CT molecular complexity index is 918. The van der Waals surface area contributed by atoms with Crippen molar-refractivity contribution >= 4 is 5.97 Å². The zero-order valence-electron chi connectivity index (χ0n) is 16.2. The maximum atomic E-state index is 13.6. The first-order valence-electron chi connectivity index (χ1n) is 9.50. The lowest BCUT2D eigenvalue weighted by atomic mass is 10.0. The van der Waals surface area contributed by atoms with E-state index in [0.29, 0.717) is 12.2 Å². The Balaban J connectivity index is 1.72. The molecule has 0 aromatic heterocycles. The Morgan fingerprint density at radius 1 is 0.966 bits per heavy atom. The number of nitrogens with two attached hydrogens (primary N) is 1. The average molecular weight is 393 g/mol. The lowest BCUT2D eigenvalue weighted by Crippen LogP contribution is -2.38. The van der Waals surface area contributed by atoms with E-state index >= 15 is 0 Å². The normalized spacial score (nSPS) is 13.9. The van der Waals surface area contributed by atoms with Crippen molar-refractivity contribution in [1.29, 1.82) is 0 Å². The molecule has 0 spiro atoms. The first kappa shape index (κ1) is 20.6. The molecule has 0 fully saturated rings. The molecule has 0 aliphatic heterocycles. The lowest BCUT2D eigenvalue weighted by Gasteiger charge is -2.26. The van der Waals surface area contributed by atoms with Crippen molar-refractivity contribution in [3.63, 3.8) is 0 Å². The highest BCUT2D eigenvalue weighted by molar-refractivity contribution is 5.76. The van der Waals surface area contributed by atoms with Crippen LogP contribution in [0.5, 0.6) is 5.75 Å². The van der Waals surface area contributed by atoms with Gasteiger partial charge >= 0.3 is 5.97 Å². The standard InChI is InChI=1S/C24H24FNO3/c1-17(28-24(27)22(26)15-18-9-4-2-5-10-18)23(19-11-6-3-7-12-19)29-21-14-8-13-20(25)16-21/h2-14,16-17,22-23H,15,26H2,1H3/t17-,22-,23-/m0/s1. The summed E-state index contributed by atoms with van der Waals surface area (Å²) in [4.78, 5) is 12.5. The molecule has 150 valence electrons. The minimum absolute atomic E-state index is 0.357. The van der Waals surface area contributed by atoms with Gasteiger partial charge in [0.05, 0.1) is 0 Å². The van der Waals surface area contributed by atoms with Crippen molar-refractivity contribution in [1.82, 2.24) is 0 Å². The molecule has 3 aromatic carbocycles. The van der Waals surface area contributed by atoms with Gasteiger partial charge in [-0.3, -0.25) is 4.79 Å². The molecule has 0 heterocycles. The lowest BCUT2D eigenvalue weighted by molar-refractivity contribution is -0.154. The summed E-state index contributed by atoms with van der Waals surface area (Å²) in [6.07, 6.45) is -0.853. The van der Waals surface area contributed by atoms with Crippen LogP contribution >= 0.6 is 0 Å². The highest BCUT2D eigenvalue weighted by Crippen LogP contribution is 2.27. The second-order valence-corrected chi connectivity index (χ2v) is 6.84. The second kappa shape index (κ2) is 9.85. The Morgan fingerprint density at radius 3 is 2.28 bits per heavy atom. The number of ether oxygens (including phenoxy) is 2. The highest BCUT2D eigenvalue weighted by Gasteiger charge is 2.27. The van der Waals surface area contributed by atoms with E-state index in [4.69, 9.17) is 15.2 Å². The summed E-state index contributed by atoms with van der Waals surface area (Å²) in [5.74, 6) is -0.552. The summed E-state index contributed by atoms with van der Waals surface area (Å²) in [6.45, 7) is 1.74. The van der Waals surface area contributed by atoms with Crippen LogP contribution in [0, 0.1) is 5.82 Å². The van der Waals surface area contributed by atoms with Crippen LogP contribution in [0.15, 0.2) is 84.9 Å². The molecule has 4 nitrogen and oxygen atoms in total. The maximum Gasteiger partial charge on any atom is 0.323 e. The van der Waals surface area contributed by atoms with Crippen molar-refractivity contribution in [3.05, 3.63) is 102 Å². The summed E-state index contributed by atoms with van der Waals surface area (Å²) in [7, 11) is 0. The van der Waals surface area contributed by atoms with E-state index < -0.39 is 30.0 Å². The van der Waals surface area contributed by atoms with Gasteiger partial charge in [0.15, 0.2) is 6.10 Å². The maximum absolute atomic E-state index is 13.6. The summed E-state index contributed by atoms with van der Waals surface area (Å²) in [5, 5.41) is 0. The Morgan fingerprint density at radius 2 is 1.62 bits per heavy atom. The van der Waals surface area contributed by atoms with E-state index in [0.717, 1.165) is 11.1 Å². The molecule has 3 rings (SSSR count). The first-order chi connectivity index (χ1) is 14.0. The van der Waals surface area contributed by atoms with Crippen LogP contribution in [0.4, 0.5) is 4.39 Å². The second-order valence-electron chi connectivity index (χ2n) is 6.84. The number of benzene rings is 3. The average Bonchev–Trinajstić information content (AvgIpc) is 2.73. The predicted octanol–water partition coefficient (Wildman–Crippen LogP) is 4.45. The van der Waals surface area contributed by atoms with Crippen LogP contribution in [0.2, 0.25) is 0 Å². The third-order valence-electron chi connectivity index (χ3n) is 4.52. The molecule has 0 saturated carbocycles. The zero-order chi connectivity index (χ0) is 20.6. The summed E-state index contributed by atoms with van der Waals surface area (Å²) in [6, 6.07) is 24.0. The van der Waals surface area contributed by atoms with Gasteiger partial charge in [0.2, 0.25) is 0 Å². The van der Waals surface area contributed by atoms with E-state index in [9.17, 15) is 9.18 Å². The predicted molar refractivity (Wildman–Crippen MR) is 110 cm³/mol. The number of rotatable bonds is 8. The summed E-state index contributed by atoms with van der Waals surface area (Å²) >= 11 is 0. The van der Waals surface area contributed by atoms with Crippen LogP contribution in [-0.4, -0.2) is 18.1 Å². The molecular formula is C24H24FNO3. The minimum Gasteiger partial charge on any atom is -0.482 e. The zero-order valence-corrected chi connectivity index (χ0v) is 16.2. The SMILES string of the molecule is C[C@H](OC(=O)[C@@H](N)Cc1ccccc1)[C@H](Oc1cccc(F)c1)c1ccccc1. The van der Waals surface area contributed by atoms with Gasteiger partial charge < -0.3 is 15.2 Å². The van der Waals surface area contributed by atoms with Gasteiger partial charge in [0.25, 0.3) is 0 Å². The Kier molecular flexibility index (Phi) is 6.98. The van der Waals surface area contributed by atoms with Crippen molar-refractivity contribution in [2.24, 2.45) is 5.73 Å². The first-order valence-corrected chi connectivity index (χ1v) is 9.50. The molecule has 5 heteroatoms. The molecule has 2 N–H and O–H groups in total. The smallest absolute Gasteiger partial charge is 0.323 e. The quantitative estimate of drug-likeness (QED) is 0.575. The van der Waals surface area contributed by atoms with Crippen LogP contribution in [0.3, 0.4) is 0 Å². The molecule has 0 aliphatic rings. The molecule has 3 aromatic rings. The number of esters is 1. The molecule has 3 atom stereocenters. The van der Waals surface area contributed by atoms with Gasteiger partial charge in [-0.05, 0) is 36.6 Å². The largest absolute Gasteiger partial charge is 0.482 e. The highest BCUT2D eigenvalue weighted by atomic mass is 19.1. The topological polar surface area (TPSA) is 61.5 Å². The van der Waals surface area contributed by atoms with E-state index in [2.05, 4.69) is 0 Å². The molecule has 0 unspecified atom stereocenters. The van der Waals surface area contributed by atoms with Gasteiger partial charge in [0.1, 0.15) is 23.7 Å². The molecule has 0 aliphatic carbocycles. The van der Waals surface area contributed by atoms with Crippen LogP contribution in [0.1, 0.15) is 24.2 Å². The van der Waals surface area contributed by atoms with Crippen LogP contribution in [-0.2, 0) is 16.0 Å². The number of hydrogen-bond acceptors (Lipinski definition) is 4. The van der Waals surface area contributed by atoms with Gasteiger partial charge in [0, 0.05) is 6.07 Å². The fourth-order valence-corrected chi connectivity index (χ4v) is 3.05. The van der Waals surface area contributed by atoms with Crippen molar-refractivity contribution in [3.8, 4) is 5.75 Å². The van der Waals surface area contributed by atoms with Gasteiger partial charge in [-0.15, -0.1) is 0 Å². The summed E-state index contributed by atoms with van der Waals surface area (Å²) in [5.41, 5.74) is 7.82. The third kappa shape index (κ3) is 5.90. The van der Waals surface area contributed by atoms with Crippen molar-refractivity contribution in [2.75, 3.05) is 0 Å². The minimum atomic E-state index is -0.787. The van der Waals surface area contributed by atoms with Crippen molar-refractivity contribution in [2.45, 2.75) is 31.6 Å². The van der Waals surface area contributed by atoms with Gasteiger partial charge in [-0.25, -0.2) is 4.39 Å². The van der Waals surface area contributed by atoms with E-state index in [1.165, 1.54) is 12.1 Å². The number of halogens is 1. The van der Waals surface area contributed by atoms with Gasteiger partial charge in [-0.2, -0.15) is 0 Å². The molecule has 0 bridgehead atoms. The Hall–Kier alpha value is -3.18. The van der Waals surface area contributed by atoms with E-state index in [-0.39, 0.29) is 0 Å². The molecule has 0 radical (unpaired) electrons. The Labute approximate surface area is 170 Å². The summed E-state index contributed by atoms with van der Waals surface area (Å²) < 4.78 is 25.2. The van der Waals surface area contributed by atoms with Crippen LogP contribution < -0.4 is 10.5 Å². The third-order valence-corrected chi connectivity index (χ3v) is 4.52.